The molecule has 0 saturated carbocycles. The third-order valence-electron chi connectivity index (χ3n) is 4.21. The maximum atomic E-state index is 12.3. The summed E-state index contributed by atoms with van der Waals surface area (Å²) in [4.78, 5) is 33.2. The summed E-state index contributed by atoms with van der Waals surface area (Å²) in [5, 5.41) is 5.76. The van der Waals surface area contributed by atoms with Gasteiger partial charge >= 0.3 is 0 Å². The number of amides is 1. The van der Waals surface area contributed by atoms with Crippen LogP contribution in [0.25, 0.3) is 0 Å². The van der Waals surface area contributed by atoms with E-state index >= 15 is 0 Å². The van der Waals surface area contributed by atoms with E-state index in [1.165, 1.54) is 0 Å². The Balaban J connectivity index is 1.57. The minimum Gasteiger partial charge on any atom is -0.497 e. The van der Waals surface area contributed by atoms with Crippen LogP contribution in [0.5, 0.6) is 5.75 Å². The number of carbonyl (C=O) groups is 2. The van der Waals surface area contributed by atoms with Crippen LogP contribution in [0.4, 0.5) is 11.6 Å². The minimum atomic E-state index is -0.318. The fourth-order valence-electron chi connectivity index (χ4n) is 2.76. The van der Waals surface area contributed by atoms with Gasteiger partial charge in [-0.3, -0.25) is 9.59 Å². The number of aromatic nitrogens is 2. The van der Waals surface area contributed by atoms with E-state index in [2.05, 4.69) is 20.6 Å². The summed E-state index contributed by atoms with van der Waals surface area (Å²) >= 11 is 0. The Morgan fingerprint density at radius 3 is 2.07 bits per heavy atom. The van der Waals surface area contributed by atoms with Crippen LogP contribution in [0.2, 0.25) is 0 Å². The Kier molecular flexibility index (Phi) is 6.19. The number of methoxy groups -OCH3 is 1. The Morgan fingerprint density at radius 2 is 1.48 bits per heavy atom. The molecule has 3 aromatic rings. The molecule has 7 heteroatoms. The van der Waals surface area contributed by atoms with Gasteiger partial charge in [0.05, 0.1) is 13.7 Å². The predicted octanol–water partition coefficient (Wildman–Crippen LogP) is 3.46. The quantitative estimate of drug-likeness (QED) is 0.600. The monoisotopic (exact) mass is 390 g/mol. The SMILES string of the molecule is COc1ccc(C(=O)CNC(=O)c2ccc(Nc3nc(C)cc(C)n3)cc2)cc1. The lowest BCUT2D eigenvalue weighted by atomic mass is 10.1. The summed E-state index contributed by atoms with van der Waals surface area (Å²) < 4.78 is 5.07. The molecule has 1 aromatic heterocycles. The lowest BCUT2D eigenvalue weighted by Gasteiger charge is -2.08. The summed E-state index contributed by atoms with van der Waals surface area (Å²) in [6.45, 7) is 3.72. The Bertz CT molecular complexity index is 995. The molecule has 2 N–H and O–H groups in total. The normalized spacial score (nSPS) is 10.3. The van der Waals surface area contributed by atoms with E-state index in [4.69, 9.17) is 4.74 Å². The highest BCUT2D eigenvalue weighted by molar-refractivity contribution is 6.02. The molecule has 2 aromatic carbocycles. The Hall–Kier alpha value is -3.74. The molecule has 0 spiro atoms. The van der Waals surface area contributed by atoms with Gasteiger partial charge in [-0.1, -0.05) is 0 Å². The van der Waals surface area contributed by atoms with Gasteiger partial charge in [-0.25, -0.2) is 9.97 Å². The van der Waals surface area contributed by atoms with E-state index in [0.29, 0.717) is 22.8 Å². The average molecular weight is 390 g/mol. The molecule has 29 heavy (non-hydrogen) atoms. The summed E-state index contributed by atoms with van der Waals surface area (Å²) in [7, 11) is 1.56. The number of anilines is 2. The van der Waals surface area contributed by atoms with Crippen molar-refractivity contribution in [2.24, 2.45) is 0 Å². The molecular weight excluding hydrogens is 368 g/mol. The first-order valence-electron chi connectivity index (χ1n) is 9.09. The number of rotatable bonds is 7. The second kappa shape index (κ2) is 8.97. The molecule has 0 aliphatic rings. The Labute approximate surface area is 169 Å². The second-order valence-electron chi connectivity index (χ2n) is 6.51. The molecule has 0 radical (unpaired) electrons. The number of Topliss-reactive ketones (excluding diaryl/α,β-unsaturated/α-hetero) is 1. The largest absolute Gasteiger partial charge is 0.497 e. The van der Waals surface area contributed by atoms with Gasteiger partial charge in [0.2, 0.25) is 5.95 Å². The summed E-state index contributed by atoms with van der Waals surface area (Å²) in [6.07, 6.45) is 0. The number of nitrogens with zero attached hydrogens (tertiary/aromatic N) is 2. The third-order valence-corrected chi connectivity index (χ3v) is 4.21. The summed E-state index contributed by atoms with van der Waals surface area (Å²) in [5.74, 6) is 0.683. The van der Waals surface area contributed by atoms with Gasteiger partial charge in [0.1, 0.15) is 5.75 Å². The van der Waals surface area contributed by atoms with E-state index in [1.54, 1.807) is 55.6 Å². The van der Waals surface area contributed by atoms with Crippen molar-refractivity contribution in [1.82, 2.24) is 15.3 Å². The maximum absolute atomic E-state index is 12.3. The van der Waals surface area contributed by atoms with Gasteiger partial charge in [-0.15, -0.1) is 0 Å². The van der Waals surface area contributed by atoms with Crippen molar-refractivity contribution in [3.63, 3.8) is 0 Å². The van der Waals surface area contributed by atoms with Crippen molar-refractivity contribution in [2.45, 2.75) is 13.8 Å². The molecule has 0 fully saturated rings. The van der Waals surface area contributed by atoms with Crippen molar-refractivity contribution in [2.75, 3.05) is 19.0 Å². The number of benzene rings is 2. The number of ketones is 1. The van der Waals surface area contributed by atoms with E-state index in [0.717, 1.165) is 17.1 Å². The van der Waals surface area contributed by atoms with E-state index in [-0.39, 0.29) is 18.2 Å². The summed E-state index contributed by atoms with van der Waals surface area (Å²) in [6, 6.07) is 15.5. The van der Waals surface area contributed by atoms with Crippen molar-refractivity contribution in [3.8, 4) is 5.75 Å². The smallest absolute Gasteiger partial charge is 0.251 e. The van der Waals surface area contributed by atoms with Gasteiger partial charge in [0.25, 0.3) is 5.91 Å². The van der Waals surface area contributed by atoms with Crippen LogP contribution in [0, 0.1) is 13.8 Å². The van der Waals surface area contributed by atoms with Crippen molar-refractivity contribution < 1.29 is 14.3 Å². The highest BCUT2D eigenvalue weighted by atomic mass is 16.5. The van der Waals surface area contributed by atoms with Gasteiger partial charge in [-0.05, 0) is 68.4 Å². The molecule has 3 rings (SSSR count). The van der Waals surface area contributed by atoms with Gasteiger partial charge in [-0.2, -0.15) is 0 Å². The standard InChI is InChI=1S/C22H22N4O3/c1-14-12-15(2)25-22(24-14)26-18-8-4-17(5-9-18)21(28)23-13-20(27)16-6-10-19(29-3)11-7-16/h4-12H,13H2,1-3H3,(H,23,28)(H,24,25,26). The maximum Gasteiger partial charge on any atom is 0.251 e. The number of hydrogen-bond donors (Lipinski definition) is 2. The zero-order valence-electron chi connectivity index (χ0n) is 16.5. The lowest BCUT2D eigenvalue weighted by molar-refractivity contribution is 0.0904. The minimum absolute atomic E-state index is 0.0818. The number of carbonyl (C=O) groups excluding carboxylic acids is 2. The number of nitrogens with one attached hydrogen (secondary N) is 2. The molecule has 1 heterocycles. The Morgan fingerprint density at radius 1 is 0.897 bits per heavy atom. The second-order valence-corrected chi connectivity index (χ2v) is 6.51. The molecule has 0 atom stereocenters. The molecule has 0 unspecified atom stereocenters. The molecular formula is C22H22N4O3. The lowest BCUT2D eigenvalue weighted by Crippen LogP contribution is -2.29. The molecule has 148 valence electrons. The van der Waals surface area contributed by atoms with Crippen LogP contribution in [0.1, 0.15) is 32.1 Å². The number of aryl methyl sites for hydroxylation is 2. The molecule has 7 nitrogen and oxygen atoms in total. The van der Waals surface area contributed by atoms with Gasteiger partial charge < -0.3 is 15.4 Å². The molecule has 0 aliphatic heterocycles. The van der Waals surface area contributed by atoms with Gasteiger partial charge in [0.15, 0.2) is 5.78 Å². The zero-order chi connectivity index (χ0) is 20.8. The molecule has 0 bridgehead atoms. The average Bonchev–Trinajstić information content (AvgIpc) is 2.71. The first-order valence-corrected chi connectivity index (χ1v) is 9.09. The van der Waals surface area contributed by atoms with Crippen molar-refractivity contribution in [3.05, 3.63) is 77.1 Å². The highest BCUT2D eigenvalue weighted by Crippen LogP contribution is 2.15. The van der Waals surface area contributed by atoms with Gasteiger partial charge in [0, 0.05) is 28.2 Å². The van der Waals surface area contributed by atoms with Crippen LogP contribution in [-0.4, -0.2) is 35.3 Å². The van der Waals surface area contributed by atoms with Crippen molar-refractivity contribution >= 4 is 23.3 Å². The zero-order valence-corrected chi connectivity index (χ0v) is 16.5. The van der Waals surface area contributed by atoms with E-state index in [9.17, 15) is 9.59 Å². The predicted molar refractivity (Wildman–Crippen MR) is 111 cm³/mol. The first kappa shape index (κ1) is 20.0. The molecule has 0 aliphatic carbocycles. The molecule has 0 saturated heterocycles. The van der Waals surface area contributed by atoms with Crippen LogP contribution in [0.3, 0.4) is 0 Å². The van der Waals surface area contributed by atoms with Crippen LogP contribution in [-0.2, 0) is 0 Å². The highest BCUT2D eigenvalue weighted by Gasteiger charge is 2.10. The third kappa shape index (κ3) is 5.38. The van der Waals surface area contributed by atoms with Crippen LogP contribution < -0.4 is 15.4 Å². The van der Waals surface area contributed by atoms with E-state index in [1.807, 2.05) is 19.9 Å². The number of ether oxygens (including phenoxy) is 1. The van der Waals surface area contributed by atoms with Crippen molar-refractivity contribution in [1.29, 1.82) is 0 Å². The van der Waals surface area contributed by atoms with E-state index < -0.39 is 0 Å². The van der Waals surface area contributed by atoms with Crippen LogP contribution in [0.15, 0.2) is 54.6 Å². The summed E-state index contributed by atoms with van der Waals surface area (Å²) in [5.41, 5.74) is 3.48. The topological polar surface area (TPSA) is 93.2 Å². The molecule has 1 amide bonds. The fourth-order valence-corrected chi connectivity index (χ4v) is 2.76. The first-order chi connectivity index (χ1) is 13.9. The van der Waals surface area contributed by atoms with Crippen LogP contribution >= 0.6 is 0 Å². The number of hydrogen-bond acceptors (Lipinski definition) is 6. The fraction of sp³-hybridized carbons (Fsp3) is 0.182.